The molecule has 0 spiro atoms. The fourth-order valence-corrected chi connectivity index (χ4v) is 20.4. The molecule has 0 aliphatic carbocycles. The van der Waals surface area contributed by atoms with Crippen LogP contribution in [-0.2, 0) is 123 Å². The second kappa shape index (κ2) is 44.0. The summed E-state index contributed by atoms with van der Waals surface area (Å²) in [5.41, 5.74) is 28.4. The van der Waals surface area contributed by atoms with Crippen molar-refractivity contribution >= 4 is 175 Å². The third kappa shape index (κ3) is 22.1. The maximum Gasteiger partial charge on any atom is 0.155 e. The van der Waals surface area contributed by atoms with E-state index >= 15 is 0 Å². The van der Waals surface area contributed by atoms with Gasteiger partial charge in [0.25, 0.3) is 0 Å². The predicted octanol–water partition coefficient (Wildman–Crippen LogP) is 27.6. The van der Waals surface area contributed by atoms with Crippen LogP contribution in [0.3, 0.4) is 0 Å². The summed E-state index contributed by atoms with van der Waals surface area (Å²) in [7, 11) is 0. The number of fused-ring (bicyclic) bond motifs is 30. The van der Waals surface area contributed by atoms with Gasteiger partial charge in [0, 0.05) is 163 Å². The molecule has 134 heavy (non-hydrogen) atoms. The van der Waals surface area contributed by atoms with Crippen molar-refractivity contribution in [2.45, 2.75) is 165 Å². The molecule has 2 N–H and O–H groups in total. The quantitative estimate of drug-likeness (QED) is 0.0504. The summed E-state index contributed by atoms with van der Waals surface area (Å²) in [5, 5.41) is 40.1. The number of benzene rings is 6. The van der Waals surface area contributed by atoms with E-state index in [-0.39, 0.29) is 134 Å². The van der Waals surface area contributed by atoms with Crippen LogP contribution in [0, 0.1) is 96.6 Å². The van der Waals surface area contributed by atoms with Gasteiger partial charge >= 0.3 is 0 Å². The monoisotopic (exact) mass is 2700 g/mol. The van der Waals surface area contributed by atoms with Crippen molar-refractivity contribution in [2.24, 2.45) is 10.8 Å². The van der Waals surface area contributed by atoms with Gasteiger partial charge in [-0.15, -0.1) is 94.1 Å². The summed E-state index contributed by atoms with van der Waals surface area (Å²) in [6, 6.07) is 69.3. The summed E-state index contributed by atoms with van der Waals surface area (Å²) < 4.78 is 10.7. The van der Waals surface area contributed by atoms with Crippen LogP contribution in [0.2, 0.25) is 0 Å². The topological polar surface area (TPSA) is 200 Å². The van der Waals surface area contributed by atoms with Crippen LogP contribution in [0.4, 0.5) is 0 Å². The number of rotatable bonds is 7. The number of pyridine rings is 8. The number of hydrogen-bond acceptors (Lipinski definition) is 14. The van der Waals surface area contributed by atoms with E-state index < -0.39 is 0 Å². The smallest absolute Gasteiger partial charge is 0.155 e. The number of aryl methyl sites for hydroxylation is 8. The Kier molecular flexibility index (Phi) is 34.6. The summed E-state index contributed by atoms with van der Waals surface area (Å²) >= 11 is 3.81. The van der Waals surface area contributed by atoms with Crippen LogP contribution in [0.15, 0.2) is 230 Å². The Balaban J connectivity index is 0.000000167. The minimum atomic E-state index is -0.125. The van der Waals surface area contributed by atoms with Crippen LogP contribution >= 0.6 is 22.7 Å². The van der Waals surface area contributed by atoms with Gasteiger partial charge in [-0.2, -0.15) is 34.5 Å². The molecule has 0 saturated carbocycles. The summed E-state index contributed by atoms with van der Waals surface area (Å²) in [6.45, 7) is 44.9. The summed E-state index contributed by atoms with van der Waals surface area (Å²) in [4.78, 5) is 53.4. The van der Waals surface area contributed by atoms with E-state index in [1.54, 1.807) is 18.6 Å². The largest absolute Gasteiger partial charge is 0.512 e. The molecule has 0 amide bonds. The molecule has 6 aromatic carbocycles. The van der Waals surface area contributed by atoms with E-state index in [1.807, 2.05) is 95.2 Å². The minimum absolute atomic E-state index is 0. The number of carbonyl (C=O) groups excluding carboxylic acids is 2. The third-order valence-corrected chi connectivity index (χ3v) is 24.6. The Bertz CT molecular complexity index is 7720. The Morgan fingerprint density at radius 1 is 0.433 bits per heavy atom. The number of thiophene rings is 2. The Hall–Kier alpha value is -10.6. The van der Waals surface area contributed by atoms with Crippen molar-refractivity contribution in [1.82, 2.24) is 62.3 Å². The van der Waals surface area contributed by atoms with Crippen molar-refractivity contribution < 1.29 is 120 Å². The molecule has 0 unspecified atom stereocenters. The second-order valence-corrected chi connectivity index (χ2v) is 38.1. The average Bonchev–Trinajstić information content (AvgIpc) is 1.58. The zero-order chi connectivity index (χ0) is 91.9. The Morgan fingerprint density at radius 2 is 0.851 bits per heavy atom. The van der Waals surface area contributed by atoms with Crippen LogP contribution in [-0.4, -0.2) is 84.1 Å². The molecule has 0 aliphatic rings. The first kappa shape index (κ1) is 105. The zero-order valence-corrected chi connectivity index (χ0v) is 92.7. The van der Waals surface area contributed by atoms with Gasteiger partial charge < -0.3 is 38.4 Å². The number of aliphatic hydroxyl groups is 2. The predicted molar refractivity (Wildman–Crippen MR) is 536 cm³/mol. The number of imidazole rings is 3. The molecule has 15 aromatic heterocycles. The number of ketones is 2. The average molecular weight is 2700 g/mol. The van der Waals surface area contributed by atoms with Gasteiger partial charge in [-0.05, 0) is 252 Å². The first-order valence-electron chi connectivity index (χ1n) is 43.3. The van der Waals surface area contributed by atoms with Crippen LogP contribution in [0.5, 0.6) is 0 Å². The maximum absolute atomic E-state index is 10.0. The standard InChI is InChI=1S/C26H25N2S.C26H29N2S.3C16H12N3.2C5H8O2.5Ir/c1-16-9-8-10-17(2)23(16)22-15-27-24-20-12-7-6-11-19(20)21-13-18(14-26(3,4)5)29-25(21)28(22)24;1-8-17(4)23(16(2)3)22-15-27-24-20-12-10-9-11-19(20)21-13-18(14-26(5,6)7)29-25(21)28(22)24;1-10-5-3-7-13-14(10)15-12(6-4-8-17-15)16-18-11(2)9-19(13)16;2*1-10-5-3-6-12-14-9-11(2)18-19(14)13-7-4-8-17-16(13)15(10)12;2*1-4(6)3-5(2)7;;;;;/h6-11,13,15H,14H2,1-5H3;8-11,13,15H,14H2,1-7H3;3-5,7-9H,1-2H3;2*3-6,8-9H,1-2H3;2*3,6H,1-2H3;;;;;/q5*-1;;;;;;;/b;17-8-;;;;;;;;;;. The number of carbonyl (C=O) groups is 2. The van der Waals surface area contributed by atoms with Gasteiger partial charge in [-0.3, -0.25) is 33.6 Å². The van der Waals surface area contributed by atoms with Gasteiger partial charge in [0.2, 0.25) is 0 Å². The molecule has 697 valence electrons. The molecule has 15 heterocycles. The number of aliphatic hydroxyl groups excluding tert-OH is 2. The molecule has 24 heteroatoms. The zero-order valence-electron chi connectivity index (χ0n) is 79.1. The molecular weight excluding hydrogens is 2590 g/mol. The molecular formula is C110H106Ir5N13O4S2-5. The summed E-state index contributed by atoms with van der Waals surface area (Å²) in [6.07, 6.45) is 18.2. The van der Waals surface area contributed by atoms with E-state index in [4.69, 9.17) is 20.2 Å². The number of nitrogens with zero attached hydrogens (tertiary/aromatic N) is 13. The van der Waals surface area contributed by atoms with Crippen molar-refractivity contribution in [3.05, 3.63) is 320 Å². The van der Waals surface area contributed by atoms with Gasteiger partial charge in [0.1, 0.15) is 0 Å². The fraction of sp³-hybridized carbons (Fsp3) is 0.236. The molecule has 17 nitrogen and oxygen atoms in total. The first-order valence-corrected chi connectivity index (χ1v) is 44.9. The van der Waals surface area contributed by atoms with Gasteiger partial charge in [0.05, 0.1) is 71.9 Å². The van der Waals surface area contributed by atoms with Gasteiger partial charge in [-0.25, -0.2) is 0 Å². The van der Waals surface area contributed by atoms with Crippen molar-refractivity contribution in [2.75, 3.05) is 0 Å². The second-order valence-electron chi connectivity index (χ2n) is 35.9. The van der Waals surface area contributed by atoms with E-state index in [2.05, 4.69) is 311 Å². The van der Waals surface area contributed by atoms with E-state index in [1.165, 1.54) is 169 Å². The Labute approximate surface area is 857 Å². The third-order valence-electron chi connectivity index (χ3n) is 22.4. The molecule has 0 bridgehead atoms. The van der Waals surface area contributed by atoms with Crippen molar-refractivity contribution in [1.29, 1.82) is 0 Å². The molecule has 0 fully saturated rings. The number of allylic oxidation sites excluding steroid dienone is 8. The normalized spacial score (nSPS) is 11.7. The van der Waals surface area contributed by atoms with Crippen LogP contribution < -0.4 is 0 Å². The Morgan fingerprint density at radius 3 is 1.31 bits per heavy atom. The molecule has 21 rings (SSSR count). The van der Waals surface area contributed by atoms with Crippen molar-refractivity contribution in [3.63, 3.8) is 0 Å². The van der Waals surface area contributed by atoms with Crippen LogP contribution in [0.25, 0.3) is 152 Å². The number of hydrogen-bond donors (Lipinski definition) is 2. The molecule has 0 aliphatic heterocycles. The van der Waals surface area contributed by atoms with Crippen LogP contribution in [0.1, 0.15) is 157 Å². The van der Waals surface area contributed by atoms with Crippen molar-refractivity contribution in [3.8, 4) is 11.3 Å². The van der Waals surface area contributed by atoms with E-state index in [0.29, 0.717) is 0 Å². The minimum Gasteiger partial charge on any atom is -0.512 e. The van der Waals surface area contributed by atoms with E-state index in [0.717, 1.165) is 107 Å². The van der Waals surface area contributed by atoms with Gasteiger partial charge in [-0.1, -0.05) is 166 Å². The fourth-order valence-electron chi connectivity index (χ4n) is 17.4. The SMILES string of the molecule is C/C=C(/C)C(=C(C)C)c1cnc2c3[c-]cccc3c3cc(CC(C)(C)C)sc3n12.CC(=O)C=C(C)O.CC(=O)C=C(C)O.Cc1cc2c3cccc(C)c3c3ncc[c-]c3n2n1.Cc1cc2c3cccc(C)c3c3ncc[c-]c3n2n1.Cc1cccc(C)c1-c1cnc2c3[c-]cccc3c3cc(CC(C)(C)C)sc3n12.Cc1cn2c3cccc(C)c3c3ncc[c-]c3c2n1.[Ir].[Ir].[Ir].[Ir].[Ir]. The molecule has 5 radical (unpaired) electrons. The number of aromatic nitrogens is 13. The maximum atomic E-state index is 10.0. The first-order chi connectivity index (χ1) is 61.6. The summed E-state index contributed by atoms with van der Waals surface area (Å²) in [5.74, 6) is -0.125. The molecule has 21 aromatic rings. The van der Waals surface area contributed by atoms with Gasteiger partial charge in [0.15, 0.2) is 11.6 Å². The molecule has 0 atom stereocenters. The molecule has 0 saturated heterocycles. The van der Waals surface area contributed by atoms with E-state index in [9.17, 15) is 9.59 Å².